The summed E-state index contributed by atoms with van der Waals surface area (Å²) in [5, 5.41) is 13.9. The van der Waals surface area contributed by atoms with Crippen LogP contribution in [-0.4, -0.2) is 44.3 Å². The van der Waals surface area contributed by atoms with Gasteiger partial charge in [-0.2, -0.15) is 5.10 Å². The Morgan fingerprint density at radius 3 is 2.86 bits per heavy atom. The van der Waals surface area contributed by atoms with Crippen molar-refractivity contribution in [3.05, 3.63) is 17.4 Å². The van der Waals surface area contributed by atoms with Crippen LogP contribution < -0.4 is 0 Å². The number of aliphatic carboxylic acids is 1. The molecule has 0 radical (unpaired) electrons. The van der Waals surface area contributed by atoms with Crippen molar-refractivity contribution in [1.29, 1.82) is 0 Å². The fourth-order valence-corrected chi connectivity index (χ4v) is 3.72. The maximum atomic E-state index is 12.4. The first kappa shape index (κ1) is 14.4. The molecule has 2 aliphatic heterocycles. The Balaban J connectivity index is 1.63. The molecule has 1 aromatic rings. The predicted octanol–water partition coefficient (Wildman–Crippen LogP) is 1.64. The van der Waals surface area contributed by atoms with Crippen LogP contribution in [0.15, 0.2) is 12.4 Å². The molecule has 2 bridgehead atoms. The number of hydrogen-bond acceptors (Lipinski definition) is 3. The van der Waals surface area contributed by atoms with Gasteiger partial charge < -0.3 is 10.0 Å². The summed E-state index contributed by atoms with van der Waals surface area (Å²) in [6, 6.07) is -0.138. The Labute approximate surface area is 127 Å². The van der Waals surface area contributed by atoms with Gasteiger partial charge in [0.05, 0.1) is 17.1 Å². The SMILES string of the molecule is O=C(O)C1CC2CCC1N(C(=O)CCn1cc(Cl)cn1)C2. The van der Waals surface area contributed by atoms with Crippen LogP contribution in [0, 0.1) is 11.8 Å². The Kier molecular flexibility index (Phi) is 3.89. The molecule has 21 heavy (non-hydrogen) atoms. The fourth-order valence-electron chi connectivity index (χ4n) is 3.56. The van der Waals surface area contributed by atoms with Gasteiger partial charge in [0.1, 0.15) is 0 Å². The van der Waals surface area contributed by atoms with Crippen molar-refractivity contribution < 1.29 is 14.7 Å². The molecule has 3 heterocycles. The Hall–Kier alpha value is -1.56. The van der Waals surface area contributed by atoms with Crippen LogP contribution in [0.5, 0.6) is 0 Å². The Bertz CT molecular complexity index is 559. The van der Waals surface area contributed by atoms with E-state index in [-0.39, 0.29) is 11.9 Å². The number of carboxylic acids is 1. The highest BCUT2D eigenvalue weighted by Crippen LogP contribution is 2.39. The molecule has 4 rings (SSSR count). The van der Waals surface area contributed by atoms with E-state index in [9.17, 15) is 14.7 Å². The average molecular weight is 312 g/mol. The summed E-state index contributed by atoms with van der Waals surface area (Å²) in [5.41, 5.74) is 0. The van der Waals surface area contributed by atoms with Gasteiger partial charge in [-0.1, -0.05) is 11.6 Å². The molecule has 3 fully saturated rings. The van der Waals surface area contributed by atoms with Gasteiger partial charge in [-0.25, -0.2) is 0 Å². The summed E-state index contributed by atoms with van der Waals surface area (Å²) < 4.78 is 1.64. The van der Waals surface area contributed by atoms with Gasteiger partial charge in [0, 0.05) is 31.7 Å². The second kappa shape index (κ2) is 5.67. The summed E-state index contributed by atoms with van der Waals surface area (Å²) in [5.74, 6) is -0.830. The number of piperidine rings is 2. The Morgan fingerprint density at radius 1 is 1.43 bits per heavy atom. The highest BCUT2D eigenvalue weighted by molar-refractivity contribution is 6.30. The quantitative estimate of drug-likeness (QED) is 0.917. The summed E-state index contributed by atoms with van der Waals surface area (Å²) in [4.78, 5) is 25.5. The third-order valence-corrected chi connectivity index (χ3v) is 4.77. The van der Waals surface area contributed by atoms with Crippen LogP contribution >= 0.6 is 11.6 Å². The molecule has 114 valence electrons. The van der Waals surface area contributed by atoms with Crippen molar-refractivity contribution >= 4 is 23.5 Å². The first-order chi connectivity index (χ1) is 10.0. The van der Waals surface area contributed by atoms with Gasteiger partial charge in [-0.05, 0) is 25.2 Å². The van der Waals surface area contributed by atoms with Crippen molar-refractivity contribution in [1.82, 2.24) is 14.7 Å². The molecular weight excluding hydrogens is 294 g/mol. The highest BCUT2D eigenvalue weighted by Gasteiger charge is 2.45. The first-order valence-electron chi connectivity index (χ1n) is 7.25. The molecule has 3 aliphatic rings. The predicted molar refractivity (Wildman–Crippen MR) is 75.8 cm³/mol. The number of carboxylic acid groups (broad SMARTS) is 1. The lowest BCUT2D eigenvalue weighted by molar-refractivity contribution is -0.155. The second-order valence-electron chi connectivity index (χ2n) is 5.91. The highest BCUT2D eigenvalue weighted by atomic mass is 35.5. The average Bonchev–Trinajstić information content (AvgIpc) is 2.90. The number of hydrogen-bond donors (Lipinski definition) is 1. The molecule has 3 unspecified atom stereocenters. The van der Waals surface area contributed by atoms with Crippen molar-refractivity contribution in [3.8, 4) is 0 Å². The van der Waals surface area contributed by atoms with Gasteiger partial charge in [0.15, 0.2) is 0 Å². The van der Waals surface area contributed by atoms with E-state index in [0.29, 0.717) is 36.9 Å². The zero-order valence-corrected chi connectivity index (χ0v) is 12.4. The molecule has 0 aromatic carbocycles. The normalized spacial score (nSPS) is 27.9. The van der Waals surface area contributed by atoms with E-state index in [2.05, 4.69) is 5.10 Å². The second-order valence-corrected chi connectivity index (χ2v) is 6.35. The Morgan fingerprint density at radius 2 is 2.24 bits per heavy atom. The number of aromatic nitrogens is 2. The lowest BCUT2D eigenvalue weighted by Gasteiger charge is -2.48. The van der Waals surface area contributed by atoms with E-state index in [1.807, 2.05) is 0 Å². The number of halogens is 1. The van der Waals surface area contributed by atoms with Crippen LogP contribution in [0.4, 0.5) is 0 Å². The molecule has 0 spiro atoms. The molecule has 3 atom stereocenters. The number of carbonyl (C=O) groups is 2. The minimum atomic E-state index is -0.777. The minimum absolute atomic E-state index is 0.0160. The molecule has 1 aliphatic carbocycles. The van der Waals surface area contributed by atoms with E-state index in [1.165, 1.54) is 6.20 Å². The van der Waals surface area contributed by atoms with Gasteiger partial charge in [-0.3, -0.25) is 14.3 Å². The van der Waals surface area contributed by atoms with Gasteiger partial charge in [0.2, 0.25) is 5.91 Å². The number of nitrogens with zero attached hydrogens (tertiary/aromatic N) is 3. The van der Waals surface area contributed by atoms with Crippen LogP contribution in [0.3, 0.4) is 0 Å². The fraction of sp³-hybridized carbons (Fsp3) is 0.643. The number of rotatable bonds is 4. The summed E-state index contributed by atoms with van der Waals surface area (Å²) in [7, 11) is 0. The maximum Gasteiger partial charge on any atom is 0.308 e. The first-order valence-corrected chi connectivity index (χ1v) is 7.62. The van der Waals surface area contributed by atoms with Crippen molar-refractivity contribution in [2.24, 2.45) is 11.8 Å². The van der Waals surface area contributed by atoms with E-state index in [0.717, 1.165) is 12.8 Å². The van der Waals surface area contributed by atoms with E-state index >= 15 is 0 Å². The zero-order chi connectivity index (χ0) is 15.0. The molecular formula is C14H18ClN3O3. The topological polar surface area (TPSA) is 75.4 Å². The largest absolute Gasteiger partial charge is 0.481 e. The van der Waals surface area contributed by atoms with Crippen LogP contribution in [0.1, 0.15) is 25.7 Å². The summed E-state index contributed by atoms with van der Waals surface area (Å²) in [6.45, 7) is 1.17. The molecule has 7 heteroatoms. The van der Waals surface area contributed by atoms with Crippen LogP contribution in [-0.2, 0) is 16.1 Å². The van der Waals surface area contributed by atoms with E-state index in [4.69, 9.17) is 11.6 Å². The lowest BCUT2D eigenvalue weighted by Crippen LogP contribution is -2.57. The van der Waals surface area contributed by atoms with Gasteiger partial charge in [-0.15, -0.1) is 0 Å². The van der Waals surface area contributed by atoms with Crippen LogP contribution in [0.2, 0.25) is 5.02 Å². The third-order valence-electron chi connectivity index (χ3n) is 4.57. The maximum absolute atomic E-state index is 12.4. The van der Waals surface area contributed by atoms with Crippen molar-refractivity contribution in [3.63, 3.8) is 0 Å². The number of fused-ring (bicyclic) bond motifs is 3. The van der Waals surface area contributed by atoms with E-state index < -0.39 is 11.9 Å². The van der Waals surface area contributed by atoms with Gasteiger partial charge in [0.25, 0.3) is 0 Å². The molecule has 1 saturated carbocycles. The minimum Gasteiger partial charge on any atom is -0.481 e. The van der Waals surface area contributed by atoms with Crippen LogP contribution in [0.25, 0.3) is 0 Å². The number of amides is 1. The number of carbonyl (C=O) groups excluding carboxylic acids is 1. The van der Waals surface area contributed by atoms with E-state index in [1.54, 1.807) is 15.8 Å². The standard InChI is InChI=1S/C14H18ClN3O3/c15-10-6-16-17(8-10)4-3-13(19)18-7-9-1-2-12(18)11(5-9)14(20)21/h6,8-9,11-12H,1-5,7H2,(H,20,21). The zero-order valence-electron chi connectivity index (χ0n) is 11.6. The van der Waals surface area contributed by atoms with Crippen molar-refractivity contribution in [2.75, 3.05) is 6.54 Å². The molecule has 1 N–H and O–H groups in total. The molecule has 1 aromatic heterocycles. The smallest absolute Gasteiger partial charge is 0.308 e. The lowest BCUT2D eigenvalue weighted by atomic mass is 9.72. The van der Waals surface area contributed by atoms with Gasteiger partial charge >= 0.3 is 5.97 Å². The monoisotopic (exact) mass is 311 g/mol. The summed E-state index contributed by atoms with van der Waals surface area (Å²) >= 11 is 5.79. The molecule has 2 saturated heterocycles. The third kappa shape index (κ3) is 2.90. The summed E-state index contributed by atoms with van der Waals surface area (Å²) in [6.07, 6.45) is 6.09. The van der Waals surface area contributed by atoms with Crippen molar-refractivity contribution in [2.45, 2.75) is 38.3 Å². The molecule has 6 nitrogen and oxygen atoms in total. The number of aryl methyl sites for hydroxylation is 1. The molecule has 1 amide bonds.